The SMILES string of the molecule is CCN1CC(=O)N[C@H]2CN(S(=O)(=O)N(C)C)CC[C@@H]2OCc2cccc(c2)Oc2cccc(c2)CC1=O. The van der Waals surface area contributed by atoms with Crippen molar-refractivity contribution in [3.63, 3.8) is 0 Å². The van der Waals surface area contributed by atoms with Crippen molar-refractivity contribution in [1.29, 1.82) is 0 Å². The molecule has 0 radical (unpaired) electrons. The van der Waals surface area contributed by atoms with Gasteiger partial charge in [-0.1, -0.05) is 24.3 Å². The van der Waals surface area contributed by atoms with Crippen LogP contribution in [-0.4, -0.2) is 86.2 Å². The van der Waals surface area contributed by atoms with Crippen molar-refractivity contribution in [3.8, 4) is 11.5 Å². The molecular weight excluding hydrogens is 496 g/mol. The van der Waals surface area contributed by atoms with Gasteiger partial charge in [-0.05, 0) is 48.7 Å². The van der Waals surface area contributed by atoms with Crippen LogP contribution in [0.2, 0.25) is 0 Å². The Hall–Kier alpha value is -2.99. The number of hydrogen-bond acceptors (Lipinski definition) is 6. The largest absolute Gasteiger partial charge is 0.457 e. The molecule has 0 spiro atoms. The number of hydrogen-bond donors (Lipinski definition) is 1. The maximum absolute atomic E-state index is 13.1. The highest BCUT2D eigenvalue weighted by molar-refractivity contribution is 7.86. The van der Waals surface area contributed by atoms with Gasteiger partial charge in [0.05, 0.1) is 31.7 Å². The molecule has 0 saturated carbocycles. The van der Waals surface area contributed by atoms with Crippen molar-refractivity contribution in [2.24, 2.45) is 0 Å². The lowest BCUT2D eigenvalue weighted by Crippen LogP contribution is -2.59. The predicted octanol–water partition coefficient (Wildman–Crippen LogP) is 1.77. The maximum Gasteiger partial charge on any atom is 0.281 e. The molecule has 2 atom stereocenters. The summed E-state index contributed by atoms with van der Waals surface area (Å²) in [7, 11) is -0.698. The zero-order valence-electron chi connectivity index (χ0n) is 21.4. The Balaban J connectivity index is 1.63. The van der Waals surface area contributed by atoms with Gasteiger partial charge in [0.25, 0.3) is 10.2 Å². The summed E-state index contributed by atoms with van der Waals surface area (Å²) in [4.78, 5) is 27.5. The van der Waals surface area contributed by atoms with E-state index in [4.69, 9.17) is 9.47 Å². The Morgan fingerprint density at radius 2 is 1.73 bits per heavy atom. The molecule has 2 aliphatic rings. The number of benzene rings is 2. The van der Waals surface area contributed by atoms with Crippen LogP contribution in [0.25, 0.3) is 0 Å². The molecule has 0 unspecified atom stereocenters. The van der Waals surface area contributed by atoms with Gasteiger partial charge in [0.1, 0.15) is 11.5 Å². The molecule has 0 aliphatic carbocycles. The number of rotatable bonds is 3. The van der Waals surface area contributed by atoms with Gasteiger partial charge in [-0.25, -0.2) is 0 Å². The van der Waals surface area contributed by atoms with E-state index in [-0.39, 0.29) is 44.5 Å². The fourth-order valence-electron chi connectivity index (χ4n) is 4.52. The highest BCUT2D eigenvalue weighted by atomic mass is 32.2. The lowest BCUT2D eigenvalue weighted by Gasteiger charge is -2.39. The molecule has 1 N–H and O–H groups in total. The fraction of sp³-hybridized carbons (Fsp3) is 0.462. The monoisotopic (exact) mass is 530 g/mol. The molecule has 1 fully saturated rings. The van der Waals surface area contributed by atoms with Crippen molar-refractivity contribution in [1.82, 2.24) is 18.8 Å². The minimum absolute atomic E-state index is 0.0754. The fourth-order valence-corrected chi connectivity index (χ4v) is 5.67. The molecule has 37 heavy (non-hydrogen) atoms. The third-order valence-electron chi connectivity index (χ3n) is 6.57. The normalized spacial score (nSPS) is 22.1. The Morgan fingerprint density at radius 1 is 1.05 bits per heavy atom. The number of amides is 2. The summed E-state index contributed by atoms with van der Waals surface area (Å²) in [5.41, 5.74) is 1.67. The highest BCUT2D eigenvalue weighted by Crippen LogP contribution is 2.25. The molecule has 2 aliphatic heterocycles. The number of nitrogens with zero attached hydrogens (tertiary/aromatic N) is 3. The number of fused-ring (bicyclic) bond motifs is 5. The number of ether oxygens (including phenoxy) is 2. The van der Waals surface area contributed by atoms with E-state index in [1.165, 1.54) is 23.3 Å². The first-order chi connectivity index (χ1) is 17.7. The minimum atomic E-state index is -3.66. The van der Waals surface area contributed by atoms with Gasteiger partial charge in [0.15, 0.2) is 0 Å². The van der Waals surface area contributed by atoms with E-state index in [1.807, 2.05) is 55.5 Å². The number of likely N-dealkylation sites (N-methyl/N-ethyl adjacent to an activating group) is 1. The standard InChI is InChI=1S/C26H34N4O6S/c1-4-29-17-25(31)27-23-16-30(37(33,34)28(2)3)12-11-24(23)35-18-20-8-6-10-22(14-20)36-21-9-5-7-19(13-21)15-26(29)32/h5-10,13-14,23-24H,4,11-12,15-18H2,1-3H3,(H,27,31)/t23-,24-/m0/s1. The Bertz CT molecular complexity index is 1240. The Morgan fingerprint density at radius 3 is 2.41 bits per heavy atom. The van der Waals surface area contributed by atoms with Gasteiger partial charge in [0, 0.05) is 33.7 Å². The first-order valence-electron chi connectivity index (χ1n) is 12.4. The zero-order valence-corrected chi connectivity index (χ0v) is 22.2. The van der Waals surface area contributed by atoms with Crippen molar-refractivity contribution in [2.45, 2.75) is 38.5 Å². The molecule has 2 amide bonds. The number of nitrogens with one attached hydrogen (secondary N) is 1. The minimum Gasteiger partial charge on any atom is -0.457 e. The molecular formula is C26H34N4O6S. The third-order valence-corrected chi connectivity index (χ3v) is 8.47. The molecule has 0 aromatic heterocycles. The maximum atomic E-state index is 13.1. The lowest BCUT2D eigenvalue weighted by molar-refractivity contribution is -0.136. The van der Waals surface area contributed by atoms with Crippen LogP contribution in [0.1, 0.15) is 24.5 Å². The molecule has 2 aromatic rings. The van der Waals surface area contributed by atoms with Gasteiger partial charge < -0.3 is 19.7 Å². The second-order valence-corrected chi connectivity index (χ2v) is 11.6. The van der Waals surface area contributed by atoms with Crippen LogP contribution < -0.4 is 10.1 Å². The van der Waals surface area contributed by atoms with E-state index in [0.717, 1.165) is 15.4 Å². The summed E-state index contributed by atoms with van der Waals surface area (Å²) in [6.07, 6.45) is 0.136. The second-order valence-electron chi connectivity index (χ2n) is 9.44. The van der Waals surface area contributed by atoms with Crippen LogP contribution in [0.5, 0.6) is 11.5 Å². The van der Waals surface area contributed by atoms with E-state index in [9.17, 15) is 18.0 Å². The van der Waals surface area contributed by atoms with Crippen LogP contribution in [0.4, 0.5) is 0 Å². The summed E-state index contributed by atoms with van der Waals surface area (Å²) < 4.78 is 40.3. The molecule has 200 valence electrons. The van der Waals surface area contributed by atoms with E-state index in [2.05, 4.69) is 5.32 Å². The second kappa shape index (κ2) is 11.6. The quantitative estimate of drug-likeness (QED) is 0.648. The topological polar surface area (TPSA) is 108 Å². The van der Waals surface area contributed by atoms with Gasteiger partial charge in [0.2, 0.25) is 11.8 Å². The van der Waals surface area contributed by atoms with E-state index < -0.39 is 22.4 Å². The molecule has 2 aromatic carbocycles. The average molecular weight is 531 g/mol. The first kappa shape index (κ1) is 27.1. The van der Waals surface area contributed by atoms with Crippen molar-refractivity contribution < 1.29 is 27.5 Å². The van der Waals surface area contributed by atoms with E-state index >= 15 is 0 Å². The summed E-state index contributed by atoms with van der Waals surface area (Å²) in [6, 6.07) is 14.3. The first-order valence-corrected chi connectivity index (χ1v) is 13.8. The van der Waals surface area contributed by atoms with E-state index in [1.54, 1.807) is 0 Å². The molecule has 11 heteroatoms. The third kappa shape index (κ3) is 6.67. The predicted molar refractivity (Wildman–Crippen MR) is 138 cm³/mol. The van der Waals surface area contributed by atoms with Gasteiger partial charge in [-0.15, -0.1) is 0 Å². The van der Waals surface area contributed by atoms with E-state index in [0.29, 0.717) is 24.5 Å². The van der Waals surface area contributed by atoms with Crippen LogP contribution >= 0.6 is 0 Å². The van der Waals surface area contributed by atoms with Crippen LogP contribution in [0.3, 0.4) is 0 Å². The highest BCUT2D eigenvalue weighted by Gasteiger charge is 2.37. The molecule has 2 heterocycles. The Labute approximate surface area is 218 Å². The lowest BCUT2D eigenvalue weighted by atomic mass is 10.0. The number of carbonyl (C=O) groups excluding carboxylic acids is 2. The van der Waals surface area contributed by atoms with Crippen molar-refractivity contribution in [2.75, 3.05) is 40.3 Å². The van der Waals surface area contributed by atoms with Gasteiger partial charge in [-0.3, -0.25) is 9.59 Å². The molecule has 4 rings (SSSR count). The summed E-state index contributed by atoms with van der Waals surface area (Å²) in [6.45, 7) is 2.67. The molecule has 1 saturated heterocycles. The zero-order chi connectivity index (χ0) is 26.6. The molecule has 4 bridgehead atoms. The average Bonchev–Trinajstić information content (AvgIpc) is 2.86. The number of carbonyl (C=O) groups is 2. The summed E-state index contributed by atoms with van der Waals surface area (Å²) in [5, 5.41) is 2.94. The van der Waals surface area contributed by atoms with Gasteiger partial charge in [-0.2, -0.15) is 17.0 Å². The van der Waals surface area contributed by atoms with Crippen LogP contribution in [0, 0.1) is 0 Å². The van der Waals surface area contributed by atoms with Crippen molar-refractivity contribution >= 4 is 22.0 Å². The van der Waals surface area contributed by atoms with Crippen LogP contribution in [0.15, 0.2) is 48.5 Å². The summed E-state index contributed by atoms with van der Waals surface area (Å²) in [5.74, 6) is 0.708. The smallest absolute Gasteiger partial charge is 0.281 e. The molecule has 10 nitrogen and oxygen atoms in total. The Kier molecular flexibility index (Phi) is 8.48. The number of piperidine rings is 1. The van der Waals surface area contributed by atoms with Crippen LogP contribution in [-0.2, 0) is 37.6 Å². The van der Waals surface area contributed by atoms with Gasteiger partial charge >= 0.3 is 0 Å². The summed E-state index contributed by atoms with van der Waals surface area (Å²) >= 11 is 0. The van der Waals surface area contributed by atoms with Crippen molar-refractivity contribution in [3.05, 3.63) is 59.7 Å².